The number of hydrogen-bond acceptors (Lipinski definition) is 3. The molecule has 1 heterocycles. The third-order valence-electron chi connectivity index (χ3n) is 5.50. The van der Waals surface area contributed by atoms with Gasteiger partial charge in [-0.1, -0.05) is 60.7 Å². The molecule has 3 nitrogen and oxygen atoms in total. The smallest absolute Gasteiger partial charge is 0.316 e. The van der Waals surface area contributed by atoms with Crippen molar-refractivity contribution in [2.24, 2.45) is 5.41 Å². The second kappa shape index (κ2) is 9.32. The number of allylic oxidation sites excluding steroid dienone is 4. The fraction of sp³-hybridized carbons (Fsp3) is 0.250. The quantitative estimate of drug-likeness (QED) is 0.381. The van der Waals surface area contributed by atoms with E-state index in [2.05, 4.69) is 10.2 Å². The summed E-state index contributed by atoms with van der Waals surface area (Å²) in [6.07, 6.45) is 1.24. The summed E-state index contributed by atoms with van der Waals surface area (Å²) in [7, 11) is 0. The van der Waals surface area contributed by atoms with E-state index in [1.165, 1.54) is 40.9 Å². The van der Waals surface area contributed by atoms with Gasteiger partial charge in [-0.25, -0.2) is 4.39 Å². The number of benzene rings is 2. The van der Waals surface area contributed by atoms with Crippen molar-refractivity contribution in [2.75, 3.05) is 0 Å². The molecule has 0 spiro atoms. The summed E-state index contributed by atoms with van der Waals surface area (Å²) in [4.78, 5) is 0. The normalized spacial score (nSPS) is 18.6. The van der Waals surface area contributed by atoms with Crippen LogP contribution in [0.3, 0.4) is 0 Å². The maximum Gasteiger partial charge on any atom is 0.399 e. The Morgan fingerprint density at radius 2 is 1.75 bits per heavy atom. The highest BCUT2D eigenvalue weighted by atomic mass is 32.2. The number of hydrogen-bond donors (Lipinski definition) is 0. The summed E-state index contributed by atoms with van der Waals surface area (Å²) in [5.41, 5.74) is 0.582. The molecule has 1 atom stereocenters. The molecule has 0 saturated carbocycles. The van der Waals surface area contributed by atoms with Crippen LogP contribution in [-0.4, -0.2) is 20.9 Å². The van der Waals surface area contributed by atoms with E-state index in [1.807, 2.05) is 30.3 Å². The summed E-state index contributed by atoms with van der Waals surface area (Å²) < 4.78 is 57.1. The van der Waals surface area contributed by atoms with Crippen LogP contribution in [0.25, 0.3) is 5.57 Å². The minimum Gasteiger partial charge on any atom is -0.316 e. The van der Waals surface area contributed by atoms with Crippen LogP contribution in [0, 0.1) is 11.2 Å². The lowest BCUT2D eigenvalue weighted by atomic mass is 9.78. The first kappa shape index (κ1) is 22.3. The molecule has 0 bridgehead atoms. The van der Waals surface area contributed by atoms with Gasteiger partial charge in [-0.2, -0.15) is 13.2 Å². The number of rotatable bonds is 7. The Bertz CT molecular complexity index is 1100. The lowest BCUT2D eigenvalue weighted by Gasteiger charge is -2.35. The average molecular weight is 460 g/mol. The molecule has 4 rings (SSSR count). The van der Waals surface area contributed by atoms with Crippen LogP contribution >= 0.6 is 11.8 Å². The predicted molar refractivity (Wildman–Crippen MR) is 118 cm³/mol. The highest BCUT2D eigenvalue weighted by Crippen LogP contribution is 2.47. The molecule has 3 aromatic rings. The van der Waals surface area contributed by atoms with Crippen LogP contribution in [-0.2, 0) is 18.1 Å². The SMILES string of the molecule is Fc1ccc(CSCc2nncn2CC2(C(F)(F)F)C=CC(c3ccccc3)=CC2)cc1. The Balaban J connectivity index is 1.47. The van der Waals surface area contributed by atoms with E-state index in [-0.39, 0.29) is 18.8 Å². The van der Waals surface area contributed by atoms with Crippen LogP contribution in [0.2, 0.25) is 0 Å². The van der Waals surface area contributed by atoms with Gasteiger partial charge in [0.25, 0.3) is 0 Å². The fourth-order valence-electron chi connectivity index (χ4n) is 3.61. The second-order valence-corrected chi connectivity index (χ2v) is 8.70. The largest absolute Gasteiger partial charge is 0.399 e. The van der Waals surface area contributed by atoms with Crippen LogP contribution in [0.5, 0.6) is 0 Å². The number of aromatic nitrogens is 3. The van der Waals surface area contributed by atoms with E-state index in [0.717, 1.165) is 16.7 Å². The molecular formula is C24H21F4N3S. The predicted octanol–water partition coefficient (Wildman–Crippen LogP) is 6.44. The molecule has 2 aromatic carbocycles. The molecular weight excluding hydrogens is 438 g/mol. The molecule has 0 amide bonds. The fourth-order valence-corrected chi connectivity index (χ4v) is 4.54. The maximum absolute atomic E-state index is 14.2. The first-order valence-electron chi connectivity index (χ1n) is 10.1. The van der Waals surface area contributed by atoms with Gasteiger partial charge in [-0.15, -0.1) is 22.0 Å². The Labute approximate surface area is 187 Å². The maximum atomic E-state index is 14.2. The Morgan fingerprint density at radius 3 is 2.41 bits per heavy atom. The third kappa shape index (κ3) is 4.96. The molecule has 1 unspecified atom stereocenters. The van der Waals surface area contributed by atoms with Gasteiger partial charge in [0.1, 0.15) is 23.4 Å². The van der Waals surface area contributed by atoms with Crippen molar-refractivity contribution in [1.82, 2.24) is 14.8 Å². The van der Waals surface area contributed by atoms with Gasteiger partial charge in [-0.05, 0) is 35.3 Å². The minimum absolute atomic E-state index is 0.155. The number of thioether (sulfide) groups is 1. The van der Waals surface area contributed by atoms with Gasteiger partial charge < -0.3 is 4.57 Å². The zero-order valence-corrected chi connectivity index (χ0v) is 17.9. The number of halogens is 4. The zero-order chi connectivity index (χ0) is 22.6. The van der Waals surface area contributed by atoms with Crippen LogP contribution in [0.1, 0.15) is 23.4 Å². The van der Waals surface area contributed by atoms with Gasteiger partial charge >= 0.3 is 6.18 Å². The summed E-state index contributed by atoms with van der Waals surface area (Å²) in [6, 6.07) is 15.5. The highest BCUT2D eigenvalue weighted by molar-refractivity contribution is 7.97. The third-order valence-corrected chi connectivity index (χ3v) is 6.50. The van der Waals surface area contributed by atoms with Crippen LogP contribution < -0.4 is 0 Å². The van der Waals surface area contributed by atoms with E-state index >= 15 is 0 Å². The summed E-state index contributed by atoms with van der Waals surface area (Å²) in [5, 5.41) is 7.87. The van der Waals surface area contributed by atoms with Gasteiger partial charge in [0.15, 0.2) is 0 Å². The summed E-state index contributed by atoms with van der Waals surface area (Å²) >= 11 is 1.49. The van der Waals surface area contributed by atoms with Crippen molar-refractivity contribution >= 4 is 17.3 Å². The van der Waals surface area contributed by atoms with E-state index in [0.29, 0.717) is 17.3 Å². The molecule has 32 heavy (non-hydrogen) atoms. The van der Waals surface area contributed by atoms with Crippen LogP contribution in [0.15, 0.2) is 79.2 Å². The van der Waals surface area contributed by atoms with Crippen molar-refractivity contribution in [3.05, 3.63) is 102 Å². The second-order valence-electron chi connectivity index (χ2n) is 7.71. The van der Waals surface area contributed by atoms with Gasteiger partial charge in [0, 0.05) is 12.3 Å². The van der Waals surface area contributed by atoms with Crippen molar-refractivity contribution in [1.29, 1.82) is 0 Å². The van der Waals surface area contributed by atoms with Gasteiger partial charge in [-0.3, -0.25) is 0 Å². The summed E-state index contributed by atoms with van der Waals surface area (Å²) in [6.45, 7) is -0.287. The van der Waals surface area contributed by atoms with Crippen molar-refractivity contribution < 1.29 is 17.6 Å². The zero-order valence-electron chi connectivity index (χ0n) is 17.1. The van der Waals surface area contributed by atoms with E-state index < -0.39 is 11.6 Å². The van der Waals surface area contributed by atoms with Crippen LogP contribution in [0.4, 0.5) is 17.6 Å². The first-order chi connectivity index (χ1) is 15.4. The van der Waals surface area contributed by atoms with Crippen molar-refractivity contribution in [3.8, 4) is 0 Å². The monoisotopic (exact) mass is 459 g/mol. The molecule has 0 fully saturated rings. The molecule has 1 aliphatic rings. The number of alkyl halides is 3. The van der Waals surface area contributed by atoms with E-state index in [4.69, 9.17) is 0 Å². The molecule has 0 N–H and O–H groups in total. The minimum atomic E-state index is -4.43. The molecule has 0 saturated heterocycles. The number of nitrogens with zero attached hydrogens (tertiary/aromatic N) is 3. The molecule has 1 aromatic heterocycles. The van der Waals surface area contributed by atoms with E-state index in [9.17, 15) is 17.6 Å². The highest BCUT2D eigenvalue weighted by Gasteiger charge is 2.53. The van der Waals surface area contributed by atoms with Gasteiger partial charge in [0.2, 0.25) is 0 Å². The molecule has 0 aliphatic heterocycles. The lowest BCUT2D eigenvalue weighted by molar-refractivity contribution is -0.209. The standard InChI is InChI=1S/C24H21F4N3S/c25-21-8-6-18(7-9-21)14-32-15-22-30-29-17-31(22)16-23(24(26,27)28)12-10-20(11-13-23)19-4-2-1-3-5-19/h1-12,17H,13-16H2. The summed E-state index contributed by atoms with van der Waals surface area (Å²) in [5.74, 6) is 1.17. The molecule has 1 aliphatic carbocycles. The topological polar surface area (TPSA) is 30.7 Å². The average Bonchev–Trinajstić information content (AvgIpc) is 3.22. The molecule has 166 valence electrons. The van der Waals surface area contributed by atoms with Crippen molar-refractivity contribution in [2.45, 2.75) is 30.6 Å². The Kier molecular flexibility index (Phi) is 6.50. The van der Waals surface area contributed by atoms with E-state index in [1.54, 1.807) is 24.3 Å². The van der Waals surface area contributed by atoms with Gasteiger partial charge in [0.05, 0.1) is 5.75 Å². The molecule has 0 radical (unpaired) electrons. The lowest BCUT2D eigenvalue weighted by Crippen LogP contribution is -2.41. The van der Waals surface area contributed by atoms with Crippen molar-refractivity contribution in [3.63, 3.8) is 0 Å². The Morgan fingerprint density at radius 1 is 1.00 bits per heavy atom. The first-order valence-corrected chi connectivity index (χ1v) is 11.2. The molecule has 8 heteroatoms. The Hall–Kier alpha value is -2.87.